The van der Waals surface area contributed by atoms with E-state index in [-0.39, 0.29) is 11.5 Å². The van der Waals surface area contributed by atoms with E-state index in [2.05, 4.69) is 18.9 Å². The minimum Gasteiger partial charge on any atom is -0.442 e. The first-order chi connectivity index (χ1) is 8.18. The molecule has 0 atom stereocenters. The summed E-state index contributed by atoms with van der Waals surface area (Å²) in [7, 11) is 0. The summed E-state index contributed by atoms with van der Waals surface area (Å²) in [4.78, 5) is 12.1. The van der Waals surface area contributed by atoms with Crippen LogP contribution in [0.1, 0.15) is 52.3 Å². The molecule has 2 rings (SSSR count). The maximum atomic E-state index is 12.1. The number of carbonyl (C=O) groups excluding carboxylic acids is 1. The van der Waals surface area contributed by atoms with Crippen LogP contribution in [0.3, 0.4) is 0 Å². The second kappa shape index (κ2) is 4.11. The van der Waals surface area contributed by atoms with Gasteiger partial charge in [-0.1, -0.05) is 13.8 Å². The number of fused-ring (bicyclic) bond motifs is 1. The fourth-order valence-electron chi connectivity index (χ4n) is 2.28. The maximum absolute atomic E-state index is 12.1. The lowest BCUT2D eigenvalue weighted by molar-refractivity contribution is 0.0506. The molecule has 4 nitrogen and oxygen atoms in total. The average molecular weight is 250 g/mol. The fraction of sp³-hybridized carbons (Fsp3) is 0.714. The van der Waals surface area contributed by atoms with Crippen LogP contribution in [-0.2, 0) is 17.6 Å². The molecule has 1 aliphatic rings. The number of rotatable bonds is 0. The molecule has 18 heavy (non-hydrogen) atoms. The minimum absolute atomic E-state index is 0.229. The monoisotopic (exact) mass is 250 g/mol. The SMILES string of the molecule is CC1(C)CCc2cnn(C(=O)OC(C)(C)C)c2C1. The van der Waals surface area contributed by atoms with Gasteiger partial charge in [0, 0.05) is 0 Å². The van der Waals surface area contributed by atoms with Gasteiger partial charge in [-0.3, -0.25) is 0 Å². The van der Waals surface area contributed by atoms with Crippen LogP contribution in [0.5, 0.6) is 0 Å². The van der Waals surface area contributed by atoms with Crippen LogP contribution in [0.25, 0.3) is 0 Å². The second-order valence-electron chi connectivity index (χ2n) is 6.85. The van der Waals surface area contributed by atoms with Gasteiger partial charge in [-0.15, -0.1) is 0 Å². The first-order valence-corrected chi connectivity index (χ1v) is 6.47. The summed E-state index contributed by atoms with van der Waals surface area (Å²) in [5.74, 6) is 0. The number of aromatic nitrogens is 2. The van der Waals surface area contributed by atoms with Crippen molar-refractivity contribution in [3.05, 3.63) is 17.5 Å². The first-order valence-electron chi connectivity index (χ1n) is 6.47. The number of ether oxygens (including phenoxy) is 1. The van der Waals surface area contributed by atoms with Gasteiger partial charge < -0.3 is 4.74 Å². The molecule has 100 valence electrons. The van der Waals surface area contributed by atoms with Crippen molar-refractivity contribution in [2.24, 2.45) is 5.41 Å². The molecule has 0 saturated carbocycles. The lowest BCUT2D eigenvalue weighted by Crippen LogP contribution is -2.31. The predicted octanol–water partition coefficient (Wildman–Crippen LogP) is 3.18. The van der Waals surface area contributed by atoms with E-state index >= 15 is 0 Å². The van der Waals surface area contributed by atoms with E-state index in [4.69, 9.17) is 4.74 Å². The van der Waals surface area contributed by atoms with E-state index in [1.807, 2.05) is 20.8 Å². The molecule has 1 aromatic rings. The largest absolute Gasteiger partial charge is 0.442 e. The molecular formula is C14H22N2O2. The van der Waals surface area contributed by atoms with Crippen LogP contribution in [-0.4, -0.2) is 21.5 Å². The highest BCUT2D eigenvalue weighted by Gasteiger charge is 2.31. The number of nitrogens with zero attached hydrogens (tertiary/aromatic N) is 2. The Morgan fingerprint density at radius 2 is 2.11 bits per heavy atom. The standard InChI is InChI=1S/C14H22N2O2/c1-13(2,3)18-12(17)16-11-8-14(4,5)7-6-10(11)9-15-16/h9H,6-8H2,1-5H3. The molecule has 0 bridgehead atoms. The number of carbonyl (C=O) groups is 1. The van der Waals surface area contributed by atoms with E-state index in [1.54, 1.807) is 6.20 Å². The zero-order valence-electron chi connectivity index (χ0n) is 11.9. The van der Waals surface area contributed by atoms with Gasteiger partial charge in [0.25, 0.3) is 0 Å². The second-order valence-corrected chi connectivity index (χ2v) is 6.85. The van der Waals surface area contributed by atoms with E-state index < -0.39 is 5.60 Å². The van der Waals surface area contributed by atoms with Crippen molar-refractivity contribution >= 4 is 6.09 Å². The van der Waals surface area contributed by atoms with Crippen LogP contribution in [0.2, 0.25) is 0 Å². The molecule has 0 radical (unpaired) electrons. The van der Waals surface area contributed by atoms with Gasteiger partial charge in [0.2, 0.25) is 0 Å². The zero-order chi connectivity index (χ0) is 13.6. The Hall–Kier alpha value is -1.32. The highest BCUT2D eigenvalue weighted by atomic mass is 16.6. The van der Waals surface area contributed by atoms with Crippen molar-refractivity contribution in [3.8, 4) is 0 Å². The molecule has 0 spiro atoms. The Bertz CT molecular complexity index is 467. The maximum Gasteiger partial charge on any atom is 0.435 e. The van der Waals surface area contributed by atoms with Crippen molar-refractivity contribution in [2.45, 2.75) is 59.5 Å². The van der Waals surface area contributed by atoms with Gasteiger partial charge >= 0.3 is 6.09 Å². The first kappa shape index (κ1) is 13.1. The molecular weight excluding hydrogens is 228 g/mol. The van der Waals surface area contributed by atoms with Crippen LogP contribution in [0.4, 0.5) is 4.79 Å². The predicted molar refractivity (Wildman–Crippen MR) is 69.7 cm³/mol. The van der Waals surface area contributed by atoms with Crippen molar-refractivity contribution in [3.63, 3.8) is 0 Å². The lowest BCUT2D eigenvalue weighted by Gasteiger charge is -2.30. The Morgan fingerprint density at radius 3 is 2.72 bits per heavy atom. The minimum atomic E-state index is -0.486. The van der Waals surface area contributed by atoms with E-state index in [0.717, 1.165) is 25.0 Å². The number of hydrogen-bond acceptors (Lipinski definition) is 3. The normalized spacial score (nSPS) is 18.3. The van der Waals surface area contributed by atoms with Crippen LogP contribution < -0.4 is 0 Å². The smallest absolute Gasteiger partial charge is 0.435 e. The molecule has 0 saturated heterocycles. The lowest BCUT2D eigenvalue weighted by atomic mass is 9.77. The topological polar surface area (TPSA) is 44.1 Å². The van der Waals surface area contributed by atoms with Gasteiger partial charge in [0.05, 0.1) is 11.9 Å². The van der Waals surface area contributed by atoms with Gasteiger partial charge in [0.1, 0.15) is 5.60 Å². The summed E-state index contributed by atoms with van der Waals surface area (Å²) in [6.45, 7) is 10.0. The van der Waals surface area contributed by atoms with Crippen LogP contribution in [0, 0.1) is 5.41 Å². The van der Waals surface area contributed by atoms with Gasteiger partial charge in [-0.05, 0) is 51.0 Å². The molecule has 0 amide bonds. The summed E-state index contributed by atoms with van der Waals surface area (Å²) in [5, 5.41) is 4.19. The summed E-state index contributed by atoms with van der Waals surface area (Å²) in [6, 6.07) is 0. The third-order valence-corrected chi connectivity index (χ3v) is 3.24. The molecule has 0 unspecified atom stereocenters. The molecule has 1 aliphatic carbocycles. The van der Waals surface area contributed by atoms with Crippen molar-refractivity contribution < 1.29 is 9.53 Å². The molecule has 1 aromatic heterocycles. The molecule has 0 fully saturated rings. The van der Waals surface area contributed by atoms with E-state index in [0.29, 0.717) is 0 Å². The molecule has 4 heteroatoms. The molecule has 0 aliphatic heterocycles. The fourth-order valence-corrected chi connectivity index (χ4v) is 2.28. The molecule has 0 N–H and O–H groups in total. The highest BCUT2D eigenvalue weighted by molar-refractivity contribution is 5.71. The third-order valence-electron chi connectivity index (χ3n) is 3.24. The summed E-state index contributed by atoms with van der Waals surface area (Å²) < 4.78 is 6.81. The van der Waals surface area contributed by atoms with E-state index in [1.165, 1.54) is 10.2 Å². The summed E-state index contributed by atoms with van der Waals surface area (Å²) in [5.41, 5.74) is 1.94. The van der Waals surface area contributed by atoms with E-state index in [9.17, 15) is 4.79 Å². The molecule has 1 heterocycles. The molecule has 0 aromatic carbocycles. The van der Waals surface area contributed by atoms with Crippen molar-refractivity contribution in [1.82, 2.24) is 9.78 Å². The van der Waals surface area contributed by atoms with Crippen LogP contribution in [0.15, 0.2) is 6.20 Å². The number of hydrogen-bond donors (Lipinski definition) is 0. The summed E-state index contributed by atoms with van der Waals surface area (Å²) >= 11 is 0. The number of aryl methyl sites for hydroxylation is 1. The van der Waals surface area contributed by atoms with Gasteiger partial charge in [-0.2, -0.15) is 9.78 Å². The van der Waals surface area contributed by atoms with Crippen LogP contribution >= 0.6 is 0 Å². The average Bonchev–Trinajstić information content (AvgIpc) is 2.55. The van der Waals surface area contributed by atoms with Crippen molar-refractivity contribution in [2.75, 3.05) is 0 Å². The van der Waals surface area contributed by atoms with Gasteiger partial charge in [0.15, 0.2) is 0 Å². The van der Waals surface area contributed by atoms with Gasteiger partial charge in [-0.25, -0.2) is 4.79 Å². The third kappa shape index (κ3) is 2.74. The Labute approximate surface area is 108 Å². The Morgan fingerprint density at radius 1 is 1.44 bits per heavy atom. The highest BCUT2D eigenvalue weighted by Crippen LogP contribution is 2.34. The zero-order valence-corrected chi connectivity index (χ0v) is 11.9. The quantitative estimate of drug-likeness (QED) is 0.710. The Kier molecular flexibility index (Phi) is 2.99. The Balaban J connectivity index is 2.26. The summed E-state index contributed by atoms with van der Waals surface area (Å²) in [6.07, 6.45) is 4.43. The van der Waals surface area contributed by atoms with Crippen molar-refractivity contribution in [1.29, 1.82) is 0 Å².